The van der Waals surface area contributed by atoms with Crippen molar-refractivity contribution in [1.82, 2.24) is 0 Å². The first kappa shape index (κ1) is 12.0. The van der Waals surface area contributed by atoms with E-state index in [0.717, 1.165) is 24.4 Å². The van der Waals surface area contributed by atoms with Crippen molar-refractivity contribution in [2.45, 2.75) is 40.5 Å². The third-order valence-electron chi connectivity index (χ3n) is 3.19. The molecule has 0 amide bonds. The molecule has 12 heavy (non-hydrogen) atoms. The Morgan fingerprint density at radius 1 is 1.17 bits per heavy atom. The van der Waals surface area contributed by atoms with Gasteiger partial charge < -0.3 is 4.65 Å². The zero-order valence-electron chi connectivity index (χ0n) is 9.26. The fourth-order valence-corrected chi connectivity index (χ4v) is 1.69. The van der Waals surface area contributed by atoms with Crippen LogP contribution in [-0.4, -0.2) is 14.7 Å². The Labute approximate surface area is 78.3 Å². The van der Waals surface area contributed by atoms with Gasteiger partial charge in [0, 0.05) is 6.61 Å². The SMILES string of the molecule is BOCC(CC)C(C)C(C)CC. The summed E-state index contributed by atoms with van der Waals surface area (Å²) in [5, 5.41) is 0. The molecule has 0 aliphatic carbocycles. The Balaban J connectivity index is 3.91. The molecular formula is C10H23BO. The predicted molar refractivity (Wildman–Crippen MR) is 56.9 cm³/mol. The maximum absolute atomic E-state index is 5.21. The maximum Gasteiger partial charge on any atom is 0.257 e. The van der Waals surface area contributed by atoms with Gasteiger partial charge in [-0.25, -0.2) is 0 Å². The van der Waals surface area contributed by atoms with E-state index in [1.807, 2.05) is 0 Å². The van der Waals surface area contributed by atoms with Gasteiger partial charge in [-0.1, -0.05) is 40.5 Å². The van der Waals surface area contributed by atoms with Gasteiger partial charge >= 0.3 is 0 Å². The van der Waals surface area contributed by atoms with Gasteiger partial charge in [-0.3, -0.25) is 0 Å². The van der Waals surface area contributed by atoms with E-state index in [9.17, 15) is 0 Å². The predicted octanol–water partition coefficient (Wildman–Crippen LogP) is 2.26. The van der Waals surface area contributed by atoms with Crippen LogP contribution in [0, 0.1) is 17.8 Å². The fraction of sp³-hybridized carbons (Fsp3) is 1.00. The van der Waals surface area contributed by atoms with Crippen LogP contribution in [-0.2, 0) is 4.65 Å². The molecule has 0 spiro atoms. The van der Waals surface area contributed by atoms with Gasteiger partial charge in [0.2, 0.25) is 0 Å². The molecule has 3 unspecified atom stereocenters. The molecule has 0 heterocycles. The van der Waals surface area contributed by atoms with Crippen molar-refractivity contribution in [3.8, 4) is 0 Å². The van der Waals surface area contributed by atoms with Crippen molar-refractivity contribution < 1.29 is 4.65 Å². The summed E-state index contributed by atoms with van der Waals surface area (Å²) in [4.78, 5) is 0. The van der Waals surface area contributed by atoms with Crippen LogP contribution in [0.25, 0.3) is 0 Å². The molecule has 2 heteroatoms. The molecule has 0 saturated carbocycles. The van der Waals surface area contributed by atoms with Crippen LogP contribution < -0.4 is 0 Å². The summed E-state index contributed by atoms with van der Waals surface area (Å²) in [5.41, 5.74) is 0. The lowest BCUT2D eigenvalue weighted by atomic mass is 9.81. The second-order valence-corrected chi connectivity index (χ2v) is 3.87. The van der Waals surface area contributed by atoms with Crippen LogP contribution in [0.5, 0.6) is 0 Å². The van der Waals surface area contributed by atoms with Crippen molar-refractivity contribution in [1.29, 1.82) is 0 Å². The largest absolute Gasteiger partial charge is 0.444 e. The molecule has 0 radical (unpaired) electrons. The van der Waals surface area contributed by atoms with Crippen LogP contribution in [0.2, 0.25) is 0 Å². The van der Waals surface area contributed by atoms with Crippen molar-refractivity contribution in [3.05, 3.63) is 0 Å². The van der Waals surface area contributed by atoms with E-state index in [1.54, 1.807) is 8.05 Å². The first-order chi connectivity index (χ1) is 5.67. The summed E-state index contributed by atoms with van der Waals surface area (Å²) in [5.74, 6) is 2.36. The molecule has 72 valence electrons. The Morgan fingerprint density at radius 2 is 1.75 bits per heavy atom. The molecule has 0 bridgehead atoms. The number of rotatable bonds is 6. The third-order valence-corrected chi connectivity index (χ3v) is 3.19. The minimum Gasteiger partial charge on any atom is -0.444 e. The van der Waals surface area contributed by atoms with Gasteiger partial charge in [-0.05, 0) is 17.8 Å². The molecule has 0 aliphatic rings. The Bertz CT molecular complexity index is 106. The second kappa shape index (κ2) is 6.53. The Hall–Kier alpha value is 0.0249. The van der Waals surface area contributed by atoms with Gasteiger partial charge in [0.25, 0.3) is 8.05 Å². The van der Waals surface area contributed by atoms with E-state index in [4.69, 9.17) is 4.65 Å². The first-order valence-corrected chi connectivity index (χ1v) is 5.16. The molecule has 0 aromatic heterocycles. The van der Waals surface area contributed by atoms with Crippen LogP contribution in [0.1, 0.15) is 40.5 Å². The standard InChI is InChI=1S/C10H23BO/c1-5-8(3)9(4)10(6-2)7-12-11/h8-10H,5-7,11H2,1-4H3. The molecule has 0 N–H and O–H groups in total. The van der Waals surface area contributed by atoms with E-state index in [-0.39, 0.29) is 0 Å². The van der Waals surface area contributed by atoms with Gasteiger partial charge in [0.15, 0.2) is 0 Å². The van der Waals surface area contributed by atoms with E-state index in [1.165, 1.54) is 12.8 Å². The third kappa shape index (κ3) is 3.62. The average Bonchev–Trinajstić information content (AvgIpc) is 2.11. The maximum atomic E-state index is 5.21. The van der Waals surface area contributed by atoms with Gasteiger partial charge in [-0.15, -0.1) is 0 Å². The fourth-order valence-electron chi connectivity index (χ4n) is 1.69. The van der Waals surface area contributed by atoms with Crippen molar-refractivity contribution in [2.75, 3.05) is 6.61 Å². The zero-order chi connectivity index (χ0) is 9.56. The van der Waals surface area contributed by atoms with Crippen LogP contribution in [0.15, 0.2) is 0 Å². The molecule has 1 nitrogen and oxygen atoms in total. The Kier molecular flexibility index (Phi) is 6.54. The molecule has 3 atom stereocenters. The molecule has 0 aromatic carbocycles. The summed E-state index contributed by atoms with van der Waals surface area (Å²) in [6.45, 7) is 10.1. The Morgan fingerprint density at radius 3 is 2.08 bits per heavy atom. The minimum atomic E-state index is 0.741. The molecule has 0 aromatic rings. The van der Waals surface area contributed by atoms with Gasteiger partial charge in [0.05, 0.1) is 0 Å². The van der Waals surface area contributed by atoms with Gasteiger partial charge in [-0.2, -0.15) is 0 Å². The number of hydrogen-bond donors (Lipinski definition) is 0. The molecular weight excluding hydrogens is 147 g/mol. The summed E-state index contributed by atoms with van der Waals surface area (Å²) in [6, 6.07) is 0. The summed E-state index contributed by atoms with van der Waals surface area (Å²) >= 11 is 0. The highest BCUT2D eigenvalue weighted by molar-refractivity contribution is 5.97. The molecule has 0 saturated heterocycles. The highest BCUT2D eigenvalue weighted by Gasteiger charge is 2.19. The van der Waals surface area contributed by atoms with E-state index in [2.05, 4.69) is 27.7 Å². The lowest BCUT2D eigenvalue weighted by Gasteiger charge is -2.27. The van der Waals surface area contributed by atoms with E-state index in [0.29, 0.717) is 0 Å². The summed E-state index contributed by atoms with van der Waals surface area (Å²) < 4.78 is 5.21. The lowest BCUT2D eigenvalue weighted by molar-refractivity contribution is 0.168. The van der Waals surface area contributed by atoms with Gasteiger partial charge in [0.1, 0.15) is 0 Å². The minimum absolute atomic E-state index is 0.741. The van der Waals surface area contributed by atoms with Crippen molar-refractivity contribution >= 4 is 8.05 Å². The molecule has 0 rings (SSSR count). The average molecular weight is 170 g/mol. The van der Waals surface area contributed by atoms with E-state index >= 15 is 0 Å². The quantitative estimate of drug-likeness (QED) is 0.555. The number of hydrogen-bond acceptors (Lipinski definition) is 1. The second-order valence-electron chi connectivity index (χ2n) is 3.87. The smallest absolute Gasteiger partial charge is 0.257 e. The summed E-state index contributed by atoms with van der Waals surface area (Å²) in [6.07, 6.45) is 2.51. The molecule has 0 aliphatic heterocycles. The normalized spacial score (nSPS) is 18.7. The summed E-state index contributed by atoms with van der Waals surface area (Å²) in [7, 11) is 1.80. The van der Waals surface area contributed by atoms with Crippen LogP contribution >= 0.6 is 0 Å². The zero-order valence-corrected chi connectivity index (χ0v) is 9.26. The van der Waals surface area contributed by atoms with Crippen molar-refractivity contribution in [3.63, 3.8) is 0 Å². The van der Waals surface area contributed by atoms with Crippen molar-refractivity contribution in [2.24, 2.45) is 17.8 Å². The lowest BCUT2D eigenvalue weighted by Crippen LogP contribution is -2.22. The monoisotopic (exact) mass is 170 g/mol. The van der Waals surface area contributed by atoms with E-state index < -0.39 is 0 Å². The first-order valence-electron chi connectivity index (χ1n) is 5.16. The highest BCUT2D eigenvalue weighted by Crippen LogP contribution is 2.25. The van der Waals surface area contributed by atoms with Crippen LogP contribution in [0.3, 0.4) is 0 Å². The highest BCUT2D eigenvalue weighted by atomic mass is 16.4. The molecule has 0 fully saturated rings. The van der Waals surface area contributed by atoms with Crippen LogP contribution in [0.4, 0.5) is 0 Å². The topological polar surface area (TPSA) is 9.23 Å².